The molecule has 0 saturated carbocycles. The quantitative estimate of drug-likeness (QED) is 0.675. The first-order chi connectivity index (χ1) is 9.02. The number of hydrogen-bond acceptors (Lipinski definition) is 4. The van der Waals surface area contributed by atoms with Gasteiger partial charge < -0.3 is 10.5 Å². The van der Waals surface area contributed by atoms with E-state index in [1.54, 1.807) is 18.2 Å². The molecule has 3 nitrogen and oxygen atoms in total. The van der Waals surface area contributed by atoms with Gasteiger partial charge in [0.05, 0.1) is 17.2 Å². The minimum absolute atomic E-state index is 0.0199. The summed E-state index contributed by atoms with van der Waals surface area (Å²) in [6, 6.07) is 6.99. The zero-order chi connectivity index (χ0) is 14.0. The van der Waals surface area contributed by atoms with E-state index in [-0.39, 0.29) is 5.78 Å². The average Bonchev–Trinajstić information content (AvgIpc) is 2.71. The second kappa shape index (κ2) is 5.75. The van der Waals surface area contributed by atoms with Crippen molar-refractivity contribution in [1.29, 1.82) is 0 Å². The smallest absolute Gasteiger partial charge is 0.203 e. The van der Waals surface area contributed by atoms with Gasteiger partial charge in [0.15, 0.2) is 0 Å². The van der Waals surface area contributed by atoms with E-state index in [1.807, 2.05) is 19.9 Å². The minimum atomic E-state index is -0.0199. The van der Waals surface area contributed by atoms with Gasteiger partial charge in [-0.2, -0.15) is 0 Å². The monoisotopic (exact) mass is 339 g/mol. The van der Waals surface area contributed by atoms with Gasteiger partial charge in [0.25, 0.3) is 0 Å². The first-order valence-electron chi connectivity index (χ1n) is 5.86. The number of benzene rings is 1. The zero-order valence-electron chi connectivity index (χ0n) is 10.7. The number of ketones is 1. The second-order valence-corrected chi connectivity index (χ2v) is 6.14. The molecule has 0 amide bonds. The van der Waals surface area contributed by atoms with Crippen LogP contribution in [0.15, 0.2) is 28.7 Å². The highest BCUT2D eigenvalue weighted by molar-refractivity contribution is 9.10. The van der Waals surface area contributed by atoms with Crippen LogP contribution in [0.2, 0.25) is 0 Å². The van der Waals surface area contributed by atoms with Crippen LogP contribution in [0.5, 0.6) is 5.75 Å². The van der Waals surface area contributed by atoms with E-state index in [9.17, 15) is 4.79 Å². The summed E-state index contributed by atoms with van der Waals surface area (Å²) in [7, 11) is 0. The molecule has 2 N–H and O–H groups in total. The van der Waals surface area contributed by atoms with E-state index in [2.05, 4.69) is 15.9 Å². The van der Waals surface area contributed by atoms with Crippen molar-refractivity contribution >= 4 is 38.7 Å². The summed E-state index contributed by atoms with van der Waals surface area (Å²) in [4.78, 5) is 14.1. The molecule has 0 fully saturated rings. The Morgan fingerprint density at radius 1 is 1.42 bits per heavy atom. The molecule has 5 heteroatoms. The fraction of sp³-hybridized carbons (Fsp3) is 0.214. The number of nitrogens with two attached hydrogens (primary N) is 1. The van der Waals surface area contributed by atoms with Crippen LogP contribution in [0.1, 0.15) is 27.0 Å². The third-order valence-electron chi connectivity index (χ3n) is 2.65. The predicted molar refractivity (Wildman–Crippen MR) is 82.2 cm³/mol. The molecule has 0 aliphatic rings. The van der Waals surface area contributed by atoms with Crippen molar-refractivity contribution in [2.45, 2.75) is 13.8 Å². The Labute approximate surface area is 124 Å². The van der Waals surface area contributed by atoms with Crippen LogP contribution in [0.4, 0.5) is 5.69 Å². The van der Waals surface area contributed by atoms with Crippen molar-refractivity contribution in [1.82, 2.24) is 0 Å². The third kappa shape index (κ3) is 2.98. The van der Waals surface area contributed by atoms with Gasteiger partial charge in [-0.1, -0.05) is 0 Å². The lowest BCUT2D eigenvalue weighted by atomic mass is 10.1. The number of carbonyl (C=O) groups is 1. The molecule has 2 rings (SSSR count). The molecular weight excluding hydrogens is 326 g/mol. The third-order valence-corrected chi connectivity index (χ3v) is 4.79. The lowest BCUT2D eigenvalue weighted by Crippen LogP contribution is -2.02. The number of thiophene rings is 1. The SMILES string of the molecule is CCOc1ccc(C(=O)c2cc(Br)c(C)s2)cc1N. The Hall–Kier alpha value is -1.33. The molecule has 19 heavy (non-hydrogen) atoms. The number of halogens is 1. The van der Waals surface area contributed by atoms with Gasteiger partial charge in [-0.05, 0) is 54.0 Å². The highest BCUT2D eigenvalue weighted by atomic mass is 79.9. The maximum atomic E-state index is 12.3. The summed E-state index contributed by atoms with van der Waals surface area (Å²) in [6.45, 7) is 4.41. The molecule has 0 aliphatic carbocycles. The van der Waals surface area contributed by atoms with Crippen molar-refractivity contribution in [3.05, 3.63) is 44.1 Å². The van der Waals surface area contributed by atoms with Gasteiger partial charge in [0.1, 0.15) is 5.75 Å². The van der Waals surface area contributed by atoms with E-state index in [4.69, 9.17) is 10.5 Å². The topological polar surface area (TPSA) is 52.3 Å². The van der Waals surface area contributed by atoms with Crippen molar-refractivity contribution in [2.75, 3.05) is 12.3 Å². The Morgan fingerprint density at radius 2 is 2.16 bits per heavy atom. The summed E-state index contributed by atoms with van der Waals surface area (Å²) >= 11 is 4.89. The molecule has 0 radical (unpaired) electrons. The summed E-state index contributed by atoms with van der Waals surface area (Å²) in [5.74, 6) is 0.594. The van der Waals surface area contributed by atoms with E-state index in [0.29, 0.717) is 28.5 Å². The lowest BCUT2D eigenvalue weighted by Gasteiger charge is -2.07. The summed E-state index contributed by atoms with van der Waals surface area (Å²) < 4.78 is 6.32. The van der Waals surface area contributed by atoms with Crippen LogP contribution >= 0.6 is 27.3 Å². The molecule has 1 aromatic carbocycles. The lowest BCUT2D eigenvalue weighted by molar-refractivity contribution is 0.104. The zero-order valence-corrected chi connectivity index (χ0v) is 13.1. The van der Waals surface area contributed by atoms with Crippen molar-refractivity contribution in [3.63, 3.8) is 0 Å². The van der Waals surface area contributed by atoms with Gasteiger partial charge >= 0.3 is 0 Å². The van der Waals surface area contributed by atoms with Gasteiger partial charge in [0, 0.05) is 14.9 Å². The fourth-order valence-corrected chi connectivity index (χ4v) is 3.19. The number of anilines is 1. The largest absolute Gasteiger partial charge is 0.492 e. The number of ether oxygens (including phenoxy) is 1. The van der Waals surface area contributed by atoms with Crippen LogP contribution in [0.3, 0.4) is 0 Å². The molecule has 0 saturated heterocycles. The highest BCUT2D eigenvalue weighted by Crippen LogP contribution is 2.30. The highest BCUT2D eigenvalue weighted by Gasteiger charge is 2.14. The van der Waals surface area contributed by atoms with Crippen LogP contribution in [0.25, 0.3) is 0 Å². The van der Waals surface area contributed by atoms with Crippen LogP contribution in [-0.2, 0) is 0 Å². The summed E-state index contributed by atoms with van der Waals surface area (Å²) in [5, 5.41) is 0. The Bertz CT molecular complexity index is 602. The summed E-state index contributed by atoms with van der Waals surface area (Å²) in [5.41, 5.74) is 6.94. The first kappa shape index (κ1) is 14.1. The van der Waals surface area contributed by atoms with Gasteiger partial charge in [-0.15, -0.1) is 11.3 Å². The van der Waals surface area contributed by atoms with Gasteiger partial charge in [-0.25, -0.2) is 0 Å². The van der Waals surface area contributed by atoms with Gasteiger partial charge in [0.2, 0.25) is 5.78 Å². The molecule has 1 heterocycles. The maximum Gasteiger partial charge on any atom is 0.203 e. The predicted octanol–water partition coefficient (Wildman–Crippen LogP) is 4.03. The molecule has 0 bridgehead atoms. The number of rotatable bonds is 4. The molecule has 0 spiro atoms. The molecule has 2 aromatic rings. The van der Waals surface area contributed by atoms with Crippen molar-refractivity contribution in [2.24, 2.45) is 0 Å². The molecule has 100 valence electrons. The molecular formula is C14H14BrNO2S. The molecule has 1 aromatic heterocycles. The van der Waals surface area contributed by atoms with Crippen molar-refractivity contribution in [3.8, 4) is 5.75 Å². The van der Waals surface area contributed by atoms with E-state index in [1.165, 1.54) is 11.3 Å². The van der Waals surface area contributed by atoms with E-state index < -0.39 is 0 Å². The Morgan fingerprint density at radius 3 is 2.68 bits per heavy atom. The van der Waals surface area contributed by atoms with Crippen molar-refractivity contribution < 1.29 is 9.53 Å². The Balaban J connectivity index is 2.31. The minimum Gasteiger partial charge on any atom is -0.492 e. The Kier molecular flexibility index (Phi) is 4.27. The normalized spacial score (nSPS) is 10.5. The fourth-order valence-electron chi connectivity index (χ4n) is 1.69. The molecule has 0 atom stereocenters. The first-order valence-corrected chi connectivity index (χ1v) is 7.46. The number of nitrogen functional groups attached to an aromatic ring is 1. The number of hydrogen-bond donors (Lipinski definition) is 1. The van der Waals surface area contributed by atoms with Crippen LogP contribution < -0.4 is 10.5 Å². The maximum absolute atomic E-state index is 12.3. The van der Waals surface area contributed by atoms with Crippen LogP contribution in [0, 0.1) is 6.92 Å². The van der Waals surface area contributed by atoms with E-state index >= 15 is 0 Å². The molecule has 0 aliphatic heterocycles. The second-order valence-electron chi connectivity index (χ2n) is 4.03. The number of carbonyl (C=O) groups excluding carboxylic acids is 1. The average molecular weight is 340 g/mol. The summed E-state index contributed by atoms with van der Waals surface area (Å²) in [6.07, 6.45) is 0. The number of aryl methyl sites for hydroxylation is 1. The van der Waals surface area contributed by atoms with E-state index in [0.717, 1.165) is 9.35 Å². The molecule has 0 unspecified atom stereocenters. The van der Waals surface area contributed by atoms with Crippen LogP contribution in [-0.4, -0.2) is 12.4 Å². The van der Waals surface area contributed by atoms with Gasteiger partial charge in [-0.3, -0.25) is 4.79 Å². The standard InChI is InChI=1S/C14H14BrNO2S/c1-3-18-12-5-4-9(6-11(12)16)14(17)13-7-10(15)8(2)19-13/h4-7H,3,16H2,1-2H3.